The van der Waals surface area contributed by atoms with Crippen LogP contribution in [0.1, 0.15) is 80.1 Å². The highest BCUT2D eigenvalue weighted by Gasteiger charge is 2.40. The lowest BCUT2D eigenvalue weighted by Gasteiger charge is -2.28. The molecule has 0 aliphatic rings. The van der Waals surface area contributed by atoms with E-state index in [1.807, 2.05) is 41.5 Å². The number of halogens is 2. The first-order valence-corrected chi connectivity index (χ1v) is 20.3. The first-order chi connectivity index (χ1) is 20.5. The van der Waals surface area contributed by atoms with Gasteiger partial charge in [0, 0.05) is 51.7 Å². The van der Waals surface area contributed by atoms with Crippen molar-refractivity contribution in [1.82, 2.24) is 9.13 Å². The number of unbranched alkanes of at least 4 members (excludes halogenated alkanes) is 3. The van der Waals surface area contributed by atoms with E-state index in [1.54, 1.807) is 0 Å². The Morgan fingerprint density at radius 3 is 1.09 bits per heavy atom. The standard InChI is InChI=1S/C30H60N4O6Si2.2ClH/c1-7-35-41(36-8-2,37-9-3)27-17-21-33-25-23-31(29-33)19-15-13-14-16-20-32-24-26-34(30-32)22-18-28-42(38-10-4,39-11-5)40-12-6;;/h23-26,29-30H,7-22,27-28H2,1-6H3;2*1H/q+2;;/p-2. The van der Waals surface area contributed by atoms with Crippen LogP contribution < -0.4 is 33.9 Å². The van der Waals surface area contributed by atoms with Gasteiger partial charge in [-0.2, -0.15) is 0 Å². The SMILES string of the molecule is CCO[Si](CCC[n+]1ccn(CCCCCCn2cc[n+](CCC[Si](OCC)(OCC)OCC)c2)c1)(OCC)OCC.[Cl-].[Cl-]. The summed E-state index contributed by atoms with van der Waals surface area (Å²) in [4.78, 5) is 0. The van der Waals surface area contributed by atoms with Gasteiger partial charge in [-0.05, 0) is 80.1 Å². The van der Waals surface area contributed by atoms with Crippen molar-refractivity contribution in [2.45, 2.75) is 118 Å². The predicted octanol–water partition coefficient (Wildman–Crippen LogP) is -0.990. The van der Waals surface area contributed by atoms with Gasteiger partial charge in [-0.3, -0.25) is 0 Å². The van der Waals surface area contributed by atoms with Crippen molar-refractivity contribution in [2.75, 3.05) is 39.6 Å². The third-order valence-corrected chi connectivity index (χ3v) is 13.4. The van der Waals surface area contributed by atoms with E-state index in [4.69, 9.17) is 26.6 Å². The summed E-state index contributed by atoms with van der Waals surface area (Å²) in [5.41, 5.74) is 0. The van der Waals surface area contributed by atoms with Gasteiger partial charge >= 0.3 is 17.6 Å². The molecule has 0 spiro atoms. The monoisotopic (exact) mass is 698 g/mol. The molecule has 0 radical (unpaired) electrons. The lowest BCUT2D eigenvalue weighted by Crippen LogP contribution is -3.00. The summed E-state index contributed by atoms with van der Waals surface area (Å²) in [6.45, 7) is 19.8. The van der Waals surface area contributed by atoms with Crippen LogP contribution >= 0.6 is 0 Å². The van der Waals surface area contributed by atoms with Crippen molar-refractivity contribution in [3.05, 3.63) is 37.4 Å². The van der Waals surface area contributed by atoms with Crippen LogP contribution in [0.25, 0.3) is 0 Å². The Kier molecular flexibility index (Phi) is 24.8. The van der Waals surface area contributed by atoms with Gasteiger partial charge in [-0.1, -0.05) is 0 Å². The number of aryl methyl sites for hydroxylation is 4. The molecule has 10 nitrogen and oxygen atoms in total. The Morgan fingerprint density at radius 1 is 0.477 bits per heavy atom. The number of rotatable bonds is 27. The van der Waals surface area contributed by atoms with Gasteiger partial charge in [0.15, 0.2) is 0 Å². The number of nitrogens with zero attached hydrogens (tertiary/aromatic N) is 4. The zero-order valence-corrected chi connectivity index (χ0v) is 31.7. The molecule has 0 unspecified atom stereocenters. The molecule has 44 heavy (non-hydrogen) atoms. The molecule has 0 saturated heterocycles. The van der Waals surface area contributed by atoms with Crippen molar-refractivity contribution >= 4 is 17.6 Å². The summed E-state index contributed by atoms with van der Waals surface area (Å²) >= 11 is 0. The largest absolute Gasteiger partial charge is 1.00 e. The molecule has 2 aromatic rings. The van der Waals surface area contributed by atoms with Crippen LogP contribution in [-0.2, 0) is 52.7 Å². The maximum atomic E-state index is 5.98. The highest BCUT2D eigenvalue weighted by molar-refractivity contribution is 6.61. The van der Waals surface area contributed by atoms with Crippen LogP contribution in [0.2, 0.25) is 12.1 Å². The molecule has 2 heterocycles. The summed E-state index contributed by atoms with van der Waals surface area (Å²) in [5.74, 6) is 0. The normalized spacial score (nSPS) is 11.9. The number of aromatic nitrogens is 4. The summed E-state index contributed by atoms with van der Waals surface area (Å²) in [6, 6.07) is 1.69. The van der Waals surface area contributed by atoms with E-state index >= 15 is 0 Å². The van der Waals surface area contributed by atoms with Crippen LogP contribution in [0.5, 0.6) is 0 Å². The summed E-state index contributed by atoms with van der Waals surface area (Å²) in [5, 5.41) is 0. The Morgan fingerprint density at radius 2 is 0.795 bits per heavy atom. The fourth-order valence-electron chi connectivity index (χ4n) is 5.31. The van der Waals surface area contributed by atoms with Crippen molar-refractivity contribution in [3.63, 3.8) is 0 Å². The summed E-state index contributed by atoms with van der Waals surface area (Å²) < 4.78 is 45.0. The molecule has 0 aliphatic heterocycles. The van der Waals surface area contributed by atoms with Gasteiger partial charge in [-0.15, -0.1) is 0 Å². The number of hydrogen-bond acceptors (Lipinski definition) is 6. The Balaban J connectivity index is 0.00000924. The quantitative estimate of drug-likeness (QED) is 0.0679. The zero-order chi connectivity index (χ0) is 30.5. The van der Waals surface area contributed by atoms with E-state index in [0.717, 1.165) is 51.1 Å². The van der Waals surface area contributed by atoms with Crippen molar-refractivity contribution in [1.29, 1.82) is 0 Å². The van der Waals surface area contributed by atoms with E-state index in [0.29, 0.717) is 39.6 Å². The van der Waals surface area contributed by atoms with Crippen LogP contribution in [0.4, 0.5) is 0 Å². The molecule has 0 atom stereocenters. The molecule has 0 saturated carbocycles. The van der Waals surface area contributed by atoms with Gasteiger partial charge < -0.3 is 51.4 Å². The molecule has 0 aromatic carbocycles. The molecule has 0 bridgehead atoms. The van der Waals surface area contributed by atoms with Crippen LogP contribution in [0, 0.1) is 0 Å². The second-order valence-corrected chi connectivity index (χ2v) is 15.8. The molecule has 0 N–H and O–H groups in total. The topological polar surface area (TPSA) is 73.0 Å². The summed E-state index contributed by atoms with van der Waals surface area (Å²) in [7, 11) is -5.11. The van der Waals surface area contributed by atoms with Crippen LogP contribution in [0.3, 0.4) is 0 Å². The molecular formula is C30H60Cl2N4O6Si2. The van der Waals surface area contributed by atoms with Gasteiger partial charge in [0.2, 0.25) is 12.7 Å². The highest BCUT2D eigenvalue weighted by Crippen LogP contribution is 2.19. The number of hydrogen-bond donors (Lipinski definition) is 0. The maximum absolute atomic E-state index is 5.98. The van der Waals surface area contributed by atoms with Gasteiger partial charge in [0.1, 0.15) is 24.8 Å². The first-order valence-electron chi connectivity index (χ1n) is 16.4. The molecule has 0 aliphatic carbocycles. The van der Waals surface area contributed by atoms with Gasteiger partial charge in [0.25, 0.3) is 0 Å². The van der Waals surface area contributed by atoms with Crippen molar-refractivity contribution < 1.29 is 60.5 Å². The molecule has 2 aromatic heterocycles. The third kappa shape index (κ3) is 16.1. The van der Waals surface area contributed by atoms with Crippen molar-refractivity contribution in [2.24, 2.45) is 0 Å². The molecule has 258 valence electrons. The minimum atomic E-state index is -2.56. The summed E-state index contributed by atoms with van der Waals surface area (Å²) in [6.07, 6.45) is 20.0. The maximum Gasteiger partial charge on any atom is 0.501 e. The smallest absolute Gasteiger partial charge is 0.501 e. The zero-order valence-electron chi connectivity index (χ0n) is 28.2. The van der Waals surface area contributed by atoms with Gasteiger partial charge in [-0.25, -0.2) is 18.3 Å². The fourth-order valence-corrected chi connectivity index (χ4v) is 10.5. The highest BCUT2D eigenvalue weighted by atomic mass is 35.5. The lowest BCUT2D eigenvalue weighted by atomic mass is 10.2. The third-order valence-electron chi connectivity index (χ3n) is 7.06. The molecular weight excluding hydrogens is 639 g/mol. The fraction of sp³-hybridized carbons (Fsp3) is 0.800. The second-order valence-electron chi connectivity index (χ2n) is 10.4. The van der Waals surface area contributed by atoms with E-state index < -0.39 is 17.6 Å². The lowest BCUT2D eigenvalue weighted by molar-refractivity contribution is -0.696. The van der Waals surface area contributed by atoms with Crippen LogP contribution in [0.15, 0.2) is 37.4 Å². The van der Waals surface area contributed by atoms with Crippen molar-refractivity contribution in [3.8, 4) is 0 Å². The molecule has 14 heteroatoms. The van der Waals surface area contributed by atoms with Gasteiger partial charge in [0.05, 0.1) is 26.2 Å². The number of imidazole rings is 2. The second kappa shape index (κ2) is 25.3. The Hall–Kier alpha value is -0.806. The first kappa shape index (κ1) is 43.2. The van der Waals surface area contributed by atoms with E-state index in [9.17, 15) is 0 Å². The van der Waals surface area contributed by atoms with E-state index in [-0.39, 0.29) is 24.8 Å². The minimum Gasteiger partial charge on any atom is -1.00 e. The Labute approximate surface area is 281 Å². The molecule has 0 fully saturated rings. The average Bonchev–Trinajstić information content (AvgIpc) is 3.61. The minimum absolute atomic E-state index is 0. The van der Waals surface area contributed by atoms with E-state index in [1.165, 1.54) is 25.7 Å². The van der Waals surface area contributed by atoms with E-state index in [2.05, 4.69) is 55.7 Å². The Bertz CT molecular complexity index is 848. The van der Waals surface area contributed by atoms with Crippen LogP contribution in [-0.4, -0.2) is 66.4 Å². The average molecular weight is 700 g/mol. The molecule has 0 amide bonds. The molecule has 2 rings (SSSR count). The predicted molar refractivity (Wildman–Crippen MR) is 168 cm³/mol.